The van der Waals surface area contributed by atoms with Gasteiger partial charge in [-0.05, 0) is 36.4 Å². The maximum Gasteiger partial charge on any atom is 0.193 e. The maximum atomic E-state index is 12.1. The Labute approximate surface area is 113 Å². The third-order valence-corrected chi connectivity index (χ3v) is 3.03. The molecule has 0 spiro atoms. The minimum Gasteiger partial charge on any atom is -0.506 e. The van der Waals surface area contributed by atoms with E-state index in [0.717, 1.165) is 0 Å². The molecule has 0 bridgehead atoms. The molecule has 5 heteroatoms. The summed E-state index contributed by atoms with van der Waals surface area (Å²) in [6.07, 6.45) is 0. The first-order chi connectivity index (χ1) is 8.49. The quantitative estimate of drug-likeness (QED) is 0.827. The molecule has 2 N–H and O–H groups in total. The van der Waals surface area contributed by atoms with Crippen molar-refractivity contribution in [3.63, 3.8) is 0 Å². The van der Waals surface area contributed by atoms with Crippen molar-refractivity contribution in [1.82, 2.24) is 0 Å². The van der Waals surface area contributed by atoms with Crippen LogP contribution in [-0.4, -0.2) is 16.0 Å². The average Bonchev–Trinajstić information content (AvgIpc) is 2.35. The lowest BCUT2D eigenvalue weighted by Gasteiger charge is -2.04. The standard InChI is InChI=1S/C13H8Cl2O3/c14-9-5-7(1-3-11(9)16)13(18)8-2-4-12(17)10(15)6-8/h1-6,16-17H. The molecule has 0 aliphatic rings. The second kappa shape index (κ2) is 4.88. The molecular weight excluding hydrogens is 275 g/mol. The van der Waals surface area contributed by atoms with Crippen molar-refractivity contribution in [2.75, 3.05) is 0 Å². The van der Waals surface area contributed by atoms with Crippen LogP contribution in [0.4, 0.5) is 0 Å². The lowest BCUT2D eigenvalue weighted by atomic mass is 10.0. The van der Waals surface area contributed by atoms with Crippen molar-refractivity contribution in [2.45, 2.75) is 0 Å². The van der Waals surface area contributed by atoms with Crippen LogP contribution in [0.5, 0.6) is 11.5 Å². The van der Waals surface area contributed by atoms with Gasteiger partial charge in [-0.3, -0.25) is 4.79 Å². The number of hydrogen-bond donors (Lipinski definition) is 2. The molecular formula is C13H8Cl2O3. The molecule has 0 atom stereocenters. The van der Waals surface area contributed by atoms with E-state index in [2.05, 4.69) is 0 Å². The maximum absolute atomic E-state index is 12.1. The summed E-state index contributed by atoms with van der Waals surface area (Å²) in [5, 5.41) is 18.8. The molecule has 2 aromatic carbocycles. The summed E-state index contributed by atoms with van der Waals surface area (Å²) < 4.78 is 0. The monoisotopic (exact) mass is 282 g/mol. The smallest absolute Gasteiger partial charge is 0.193 e. The highest BCUT2D eigenvalue weighted by atomic mass is 35.5. The molecule has 18 heavy (non-hydrogen) atoms. The fraction of sp³-hybridized carbons (Fsp3) is 0. The van der Waals surface area contributed by atoms with Gasteiger partial charge in [-0.1, -0.05) is 23.2 Å². The first kappa shape index (κ1) is 12.7. The molecule has 2 aromatic rings. The number of phenols is 2. The van der Waals surface area contributed by atoms with E-state index >= 15 is 0 Å². The minimum atomic E-state index is -0.293. The molecule has 92 valence electrons. The second-order valence-electron chi connectivity index (χ2n) is 3.66. The highest BCUT2D eigenvalue weighted by Crippen LogP contribution is 2.27. The van der Waals surface area contributed by atoms with E-state index in [9.17, 15) is 15.0 Å². The number of rotatable bonds is 2. The lowest BCUT2D eigenvalue weighted by Crippen LogP contribution is -2.00. The number of ketones is 1. The summed E-state index contributed by atoms with van der Waals surface area (Å²) in [4.78, 5) is 12.1. The zero-order valence-corrected chi connectivity index (χ0v) is 10.5. The number of carbonyl (C=O) groups excluding carboxylic acids is 1. The van der Waals surface area contributed by atoms with Crippen LogP contribution in [-0.2, 0) is 0 Å². The van der Waals surface area contributed by atoms with Crippen LogP contribution in [0.2, 0.25) is 10.0 Å². The van der Waals surface area contributed by atoms with Crippen molar-refractivity contribution < 1.29 is 15.0 Å². The van der Waals surface area contributed by atoms with Crippen LogP contribution < -0.4 is 0 Å². The van der Waals surface area contributed by atoms with Crippen LogP contribution in [0, 0.1) is 0 Å². The minimum absolute atomic E-state index is 0.0862. The largest absolute Gasteiger partial charge is 0.506 e. The van der Waals surface area contributed by atoms with Gasteiger partial charge in [-0.15, -0.1) is 0 Å². The Balaban J connectivity index is 2.41. The van der Waals surface area contributed by atoms with Crippen molar-refractivity contribution in [3.8, 4) is 11.5 Å². The van der Waals surface area contributed by atoms with Crippen molar-refractivity contribution >= 4 is 29.0 Å². The average molecular weight is 283 g/mol. The van der Waals surface area contributed by atoms with Crippen molar-refractivity contribution in [1.29, 1.82) is 0 Å². The van der Waals surface area contributed by atoms with Crippen LogP contribution in [0.1, 0.15) is 15.9 Å². The molecule has 0 aromatic heterocycles. The summed E-state index contributed by atoms with van der Waals surface area (Å²) >= 11 is 11.5. The Morgan fingerprint density at radius 2 is 1.22 bits per heavy atom. The van der Waals surface area contributed by atoms with Crippen LogP contribution >= 0.6 is 23.2 Å². The third-order valence-electron chi connectivity index (χ3n) is 2.42. The number of benzene rings is 2. The zero-order valence-electron chi connectivity index (χ0n) is 9.02. The van der Waals surface area contributed by atoms with Gasteiger partial charge < -0.3 is 10.2 Å². The van der Waals surface area contributed by atoms with Crippen molar-refractivity contribution in [3.05, 3.63) is 57.6 Å². The Kier molecular flexibility index (Phi) is 3.45. The van der Waals surface area contributed by atoms with E-state index in [-0.39, 0.29) is 27.3 Å². The molecule has 0 aliphatic heterocycles. The predicted octanol–water partition coefficient (Wildman–Crippen LogP) is 3.64. The second-order valence-corrected chi connectivity index (χ2v) is 4.48. The molecule has 0 unspecified atom stereocenters. The molecule has 0 heterocycles. The fourth-order valence-electron chi connectivity index (χ4n) is 1.46. The highest BCUT2D eigenvalue weighted by molar-refractivity contribution is 6.33. The summed E-state index contributed by atoms with van der Waals surface area (Å²) in [5.41, 5.74) is 0.666. The molecule has 0 radical (unpaired) electrons. The zero-order chi connectivity index (χ0) is 13.3. The van der Waals surface area contributed by atoms with E-state index in [0.29, 0.717) is 11.1 Å². The van der Waals surface area contributed by atoms with Crippen molar-refractivity contribution in [2.24, 2.45) is 0 Å². The van der Waals surface area contributed by atoms with Gasteiger partial charge >= 0.3 is 0 Å². The molecule has 2 rings (SSSR count). The summed E-state index contributed by atoms with van der Waals surface area (Å²) in [6, 6.07) is 8.36. The molecule has 3 nitrogen and oxygen atoms in total. The van der Waals surface area contributed by atoms with Gasteiger partial charge in [0.2, 0.25) is 0 Å². The van der Waals surface area contributed by atoms with E-state index in [1.807, 2.05) is 0 Å². The van der Waals surface area contributed by atoms with Gasteiger partial charge in [-0.25, -0.2) is 0 Å². The van der Waals surface area contributed by atoms with Gasteiger partial charge in [0.15, 0.2) is 5.78 Å². The number of halogens is 2. The topological polar surface area (TPSA) is 57.5 Å². The highest BCUT2D eigenvalue weighted by Gasteiger charge is 2.12. The summed E-state index contributed by atoms with van der Waals surface area (Å²) in [5.74, 6) is -0.465. The van der Waals surface area contributed by atoms with Crippen LogP contribution in [0.3, 0.4) is 0 Å². The molecule has 0 fully saturated rings. The lowest BCUT2D eigenvalue weighted by molar-refractivity contribution is 0.103. The predicted molar refractivity (Wildman–Crippen MR) is 69.7 cm³/mol. The molecule has 0 amide bonds. The number of aromatic hydroxyl groups is 2. The summed E-state index contributed by atoms with van der Waals surface area (Å²) in [7, 11) is 0. The van der Waals surface area contributed by atoms with E-state index in [1.54, 1.807) is 0 Å². The summed E-state index contributed by atoms with van der Waals surface area (Å²) in [6.45, 7) is 0. The first-order valence-electron chi connectivity index (χ1n) is 5.01. The van der Waals surface area contributed by atoms with E-state index < -0.39 is 0 Å². The molecule has 0 saturated carbocycles. The third kappa shape index (κ3) is 2.42. The first-order valence-corrected chi connectivity index (χ1v) is 5.76. The molecule has 0 aliphatic carbocycles. The number of phenolic OH excluding ortho intramolecular Hbond substituents is 2. The molecule has 0 saturated heterocycles. The normalized spacial score (nSPS) is 10.3. The van der Waals surface area contributed by atoms with Crippen LogP contribution in [0.15, 0.2) is 36.4 Å². The van der Waals surface area contributed by atoms with Gasteiger partial charge in [0.1, 0.15) is 11.5 Å². The Morgan fingerprint density at radius 1 is 0.833 bits per heavy atom. The fourth-order valence-corrected chi connectivity index (χ4v) is 1.82. The van der Waals surface area contributed by atoms with E-state index in [1.165, 1.54) is 36.4 Å². The van der Waals surface area contributed by atoms with Gasteiger partial charge in [0.05, 0.1) is 10.0 Å². The number of hydrogen-bond acceptors (Lipinski definition) is 3. The van der Waals surface area contributed by atoms with Gasteiger partial charge in [-0.2, -0.15) is 0 Å². The Hall–Kier alpha value is -1.71. The van der Waals surface area contributed by atoms with Crippen LogP contribution in [0.25, 0.3) is 0 Å². The van der Waals surface area contributed by atoms with E-state index in [4.69, 9.17) is 23.2 Å². The SMILES string of the molecule is O=C(c1ccc(O)c(Cl)c1)c1ccc(O)c(Cl)c1. The Bertz CT molecular complexity index is 570. The number of carbonyl (C=O) groups is 1. The van der Waals surface area contributed by atoms with Gasteiger partial charge in [0, 0.05) is 11.1 Å². The Morgan fingerprint density at radius 3 is 1.56 bits per heavy atom. The van der Waals surface area contributed by atoms with Gasteiger partial charge in [0.25, 0.3) is 0 Å².